The van der Waals surface area contributed by atoms with Crippen molar-refractivity contribution in [3.05, 3.63) is 23.7 Å². The summed E-state index contributed by atoms with van der Waals surface area (Å²) in [6.07, 6.45) is 4.69. The minimum absolute atomic E-state index is 0.536. The quantitative estimate of drug-likeness (QED) is 0.755. The van der Waals surface area contributed by atoms with E-state index in [1.165, 1.54) is 6.42 Å². The molecule has 6 heterocycles. The van der Waals surface area contributed by atoms with Gasteiger partial charge in [0.25, 0.3) is 0 Å². The van der Waals surface area contributed by atoms with E-state index in [9.17, 15) is 4.21 Å². The van der Waals surface area contributed by atoms with E-state index in [0.29, 0.717) is 28.6 Å². The number of fused-ring (bicyclic) bond motifs is 3. The van der Waals surface area contributed by atoms with Gasteiger partial charge in [0, 0.05) is 43.0 Å². The second-order valence-electron chi connectivity index (χ2n) is 6.22. The maximum absolute atomic E-state index is 12.1. The number of anilines is 1. The van der Waals surface area contributed by atoms with Gasteiger partial charge in [-0.25, -0.2) is 9.50 Å². The third-order valence-corrected chi connectivity index (χ3v) is 6.34. The van der Waals surface area contributed by atoms with Gasteiger partial charge < -0.3 is 10.2 Å². The molecular formula is C15H16N6OS2. The highest BCUT2D eigenvalue weighted by atomic mass is 32.2. The number of piperidine rings is 1. The summed E-state index contributed by atoms with van der Waals surface area (Å²) in [6.45, 7) is 1.84. The molecule has 3 aliphatic heterocycles. The normalized spacial score (nSPS) is 24.1. The van der Waals surface area contributed by atoms with Crippen LogP contribution in [0, 0.1) is 0 Å². The van der Waals surface area contributed by atoms with Gasteiger partial charge in [0.1, 0.15) is 10.7 Å². The lowest BCUT2D eigenvalue weighted by atomic mass is 9.92. The van der Waals surface area contributed by atoms with Crippen molar-refractivity contribution in [2.24, 2.45) is 0 Å². The molecule has 0 aromatic carbocycles. The molecule has 3 atom stereocenters. The summed E-state index contributed by atoms with van der Waals surface area (Å²) in [5, 5.41) is 11.1. The highest BCUT2D eigenvalue weighted by Crippen LogP contribution is 2.29. The van der Waals surface area contributed by atoms with Crippen molar-refractivity contribution in [3.8, 4) is 10.7 Å². The molecule has 3 aromatic rings. The van der Waals surface area contributed by atoms with Gasteiger partial charge in [-0.15, -0.1) is 16.4 Å². The Morgan fingerprint density at radius 2 is 2.12 bits per heavy atom. The average molecular weight is 360 g/mol. The molecule has 3 aromatic heterocycles. The zero-order chi connectivity index (χ0) is 16.3. The van der Waals surface area contributed by atoms with Crippen LogP contribution in [0.1, 0.15) is 6.42 Å². The van der Waals surface area contributed by atoms with Gasteiger partial charge in [-0.3, -0.25) is 4.21 Å². The Morgan fingerprint density at radius 3 is 2.79 bits per heavy atom. The number of thiazole rings is 1. The predicted octanol–water partition coefficient (Wildman–Crippen LogP) is 1.14. The highest BCUT2D eigenvalue weighted by molar-refractivity contribution is 7.84. The number of pyridine rings is 1. The van der Waals surface area contributed by atoms with Crippen LogP contribution in [0.15, 0.2) is 28.6 Å². The number of aromatic nitrogens is 4. The Morgan fingerprint density at radius 1 is 1.33 bits per heavy atom. The van der Waals surface area contributed by atoms with E-state index < -0.39 is 10.8 Å². The minimum Gasteiger partial charge on any atom is -0.336 e. The summed E-state index contributed by atoms with van der Waals surface area (Å²) in [5.74, 6) is 0.710. The SMILES string of the molecule is CS(=O)c1ccc(-c2nccs2)n2nc(N3CC4CC(C3)N4)nc12. The summed E-state index contributed by atoms with van der Waals surface area (Å²) in [6, 6.07) is 4.87. The Hall–Kier alpha value is -1.84. The molecule has 0 amide bonds. The lowest BCUT2D eigenvalue weighted by molar-refractivity contribution is 0.224. The molecule has 9 heteroatoms. The molecule has 3 unspecified atom stereocenters. The molecule has 0 aliphatic carbocycles. The Labute approximate surface area is 145 Å². The van der Waals surface area contributed by atoms with Crippen LogP contribution >= 0.6 is 11.3 Å². The first-order chi connectivity index (χ1) is 11.7. The molecule has 7 nitrogen and oxygen atoms in total. The van der Waals surface area contributed by atoms with E-state index in [1.807, 2.05) is 17.5 Å². The van der Waals surface area contributed by atoms with Gasteiger partial charge in [0.2, 0.25) is 5.95 Å². The van der Waals surface area contributed by atoms with Crippen molar-refractivity contribution in [2.75, 3.05) is 24.2 Å². The highest BCUT2D eigenvalue weighted by Gasteiger charge is 2.37. The molecule has 6 rings (SSSR count). The molecule has 3 aliphatic rings. The van der Waals surface area contributed by atoms with E-state index in [1.54, 1.807) is 28.3 Å². The van der Waals surface area contributed by atoms with Crippen LogP contribution < -0.4 is 10.2 Å². The summed E-state index contributed by atoms with van der Waals surface area (Å²) < 4.78 is 13.9. The molecular weight excluding hydrogens is 344 g/mol. The largest absolute Gasteiger partial charge is 0.336 e. The topological polar surface area (TPSA) is 75.4 Å². The maximum Gasteiger partial charge on any atom is 0.245 e. The molecule has 1 N–H and O–H groups in total. The van der Waals surface area contributed by atoms with Gasteiger partial charge >= 0.3 is 0 Å². The number of rotatable bonds is 3. The van der Waals surface area contributed by atoms with E-state index >= 15 is 0 Å². The first-order valence-electron chi connectivity index (χ1n) is 7.83. The van der Waals surface area contributed by atoms with E-state index in [2.05, 4.69) is 15.2 Å². The molecule has 0 saturated carbocycles. The zero-order valence-corrected chi connectivity index (χ0v) is 14.7. The van der Waals surface area contributed by atoms with Crippen molar-refractivity contribution >= 4 is 33.7 Å². The lowest BCUT2D eigenvalue weighted by Gasteiger charge is -2.47. The summed E-state index contributed by atoms with van der Waals surface area (Å²) in [7, 11) is -1.12. The van der Waals surface area contributed by atoms with Gasteiger partial charge in [-0.05, 0) is 18.6 Å². The number of piperazine rings is 1. The summed E-state index contributed by atoms with van der Waals surface area (Å²) in [4.78, 5) is 12.0. The Kier molecular flexibility index (Phi) is 3.22. The number of nitrogens with one attached hydrogen (secondary N) is 1. The van der Waals surface area contributed by atoms with Gasteiger partial charge in [0.05, 0.1) is 15.7 Å². The fraction of sp³-hybridized carbons (Fsp3) is 0.400. The van der Waals surface area contributed by atoms with Crippen LogP contribution in [0.3, 0.4) is 0 Å². The van der Waals surface area contributed by atoms with E-state index in [-0.39, 0.29) is 0 Å². The van der Waals surface area contributed by atoms with Crippen LogP contribution in [0.5, 0.6) is 0 Å². The fourth-order valence-corrected chi connectivity index (χ4v) is 4.77. The van der Waals surface area contributed by atoms with Crippen molar-refractivity contribution in [1.29, 1.82) is 0 Å². The van der Waals surface area contributed by atoms with Crippen LogP contribution in [0.4, 0.5) is 5.95 Å². The van der Waals surface area contributed by atoms with Crippen LogP contribution in [-0.4, -0.2) is 55.2 Å². The van der Waals surface area contributed by atoms with Crippen molar-refractivity contribution in [2.45, 2.75) is 23.4 Å². The van der Waals surface area contributed by atoms with E-state index in [4.69, 9.17) is 10.1 Å². The summed E-state index contributed by atoms with van der Waals surface area (Å²) >= 11 is 1.56. The Balaban J connectivity index is 1.66. The van der Waals surface area contributed by atoms with Crippen LogP contribution in [0.25, 0.3) is 16.3 Å². The lowest BCUT2D eigenvalue weighted by Crippen LogP contribution is -2.67. The number of hydrogen-bond acceptors (Lipinski definition) is 7. The average Bonchev–Trinajstić information content (AvgIpc) is 3.23. The second-order valence-corrected chi connectivity index (χ2v) is 8.47. The molecule has 124 valence electrons. The number of nitrogens with zero attached hydrogens (tertiary/aromatic N) is 5. The van der Waals surface area contributed by atoms with Crippen molar-refractivity contribution < 1.29 is 4.21 Å². The smallest absolute Gasteiger partial charge is 0.245 e. The van der Waals surface area contributed by atoms with Gasteiger partial charge in [-0.2, -0.15) is 4.98 Å². The third kappa shape index (κ3) is 2.19. The molecule has 2 bridgehead atoms. The first-order valence-corrected chi connectivity index (χ1v) is 10.3. The minimum atomic E-state index is -1.12. The van der Waals surface area contributed by atoms with Crippen molar-refractivity contribution in [1.82, 2.24) is 24.9 Å². The van der Waals surface area contributed by atoms with E-state index in [0.717, 1.165) is 23.8 Å². The standard InChI is InChI=1S/C15H16N6OS2/c1-24(22)12-3-2-11(14-16-4-5-23-14)21-13(12)18-15(19-21)20-7-9-6-10(8-20)17-9/h2-5,9-10,17H,6-8H2,1H3. The molecule has 0 radical (unpaired) electrons. The third-order valence-electron chi connectivity index (χ3n) is 4.60. The maximum atomic E-state index is 12.1. The molecule has 24 heavy (non-hydrogen) atoms. The van der Waals surface area contributed by atoms with Crippen LogP contribution in [-0.2, 0) is 10.8 Å². The zero-order valence-electron chi connectivity index (χ0n) is 13.0. The predicted molar refractivity (Wildman–Crippen MR) is 94.0 cm³/mol. The molecule has 3 saturated heterocycles. The van der Waals surface area contributed by atoms with Gasteiger partial charge in [-0.1, -0.05) is 0 Å². The monoisotopic (exact) mass is 360 g/mol. The summed E-state index contributed by atoms with van der Waals surface area (Å²) in [5.41, 5.74) is 1.54. The molecule has 0 spiro atoms. The number of hydrogen-bond donors (Lipinski definition) is 1. The van der Waals surface area contributed by atoms with Crippen LogP contribution in [0.2, 0.25) is 0 Å². The van der Waals surface area contributed by atoms with Gasteiger partial charge in [0.15, 0.2) is 5.65 Å². The van der Waals surface area contributed by atoms with Crippen molar-refractivity contribution in [3.63, 3.8) is 0 Å². The first kappa shape index (κ1) is 14.5. The Bertz CT molecular complexity index is 921. The fourth-order valence-electron chi connectivity index (χ4n) is 3.48. The molecule has 3 fully saturated rings. The second kappa shape index (κ2) is 5.33.